The van der Waals surface area contributed by atoms with E-state index in [-0.39, 0.29) is 23.9 Å². The normalized spacial score (nSPS) is 20.1. The van der Waals surface area contributed by atoms with Gasteiger partial charge in [0.05, 0.1) is 25.3 Å². The van der Waals surface area contributed by atoms with Crippen LogP contribution in [0.25, 0.3) is 11.4 Å². The lowest BCUT2D eigenvalue weighted by Gasteiger charge is -2.31. The zero-order chi connectivity index (χ0) is 18.4. The Morgan fingerprint density at radius 3 is 3.00 bits per heavy atom. The molecule has 140 valence electrons. The summed E-state index contributed by atoms with van der Waals surface area (Å²) in [6, 6.07) is 5.78. The van der Waals surface area contributed by atoms with Gasteiger partial charge in [-0.2, -0.15) is 4.80 Å². The van der Waals surface area contributed by atoms with E-state index in [1.807, 2.05) is 0 Å². The predicted molar refractivity (Wildman–Crippen MR) is 90.6 cm³/mol. The van der Waals surface area contributed by atoms with Gasteiger partial charge in [-0.05, 0) is 42.3 Å². The van der Waals surface area contributed by atoms with E-state index in [9.17, 15) is 9.18 Å². The summed E-state index contributed by atoms with van der Waals surface area (Å²) in [5, 5.41) is 15.1. The summed E-state index contributed by atoms with van der Waals surface area (Å²) in [6.45, 7) is 1.59. The molecule has 1 aromatic carbocycles. The summed E-state index contributed by atoms with van der Waals surface area (Å²) in [6.07, 6.45) is 1.69. The lowest BCUT2D eigenvalue weighted by atomic mass is 10.1. The van der Waals surface area contributed by atoms with Crippen LogP contribution in [0.4, 0.5) is 4.39 Å². The first-order valence-electron chi connectivity index (χ1n) is 8.59. The molecular weight excluding hydrogens is 341 g/mol. The van der Waals surface area contributed by atoms with Crippen molar-refractivity contribution in [3.8, 4) is 11.4 Å². The molecule has 0 bridgehead atoms. The minimum atomic E-state index is -0.314. The van der Waals surface area contributed by atoms with Crippen LogP contribution in [0.5, 0.6) is 0 Å². The van der Waals surface area contributed by atoms with E-state index >= 15 is 0 Å². The van der Waals surface area contributed by atoms with Gasteiger partial charge in [0.15, 0.2) is 0 Å². The average molecular weight is 363 g/mol. The maximum atomic E-state index is 12.9. The second-order valence-electron chi connectivity index (χ2n) is 6.13. The molecule has 8 nitrogen and oxygen atoms in total. The van der Waals surface area contributed by atoms with Crippen molar-refractivity contribution < 1.29 is 18.7 Å². The van der Waals surface area contributed by atoms with Crippen molar-refractivity contribution in [2.24, 2.45) is 0 Å². The van der Waals surface area contributed by atoms with Crippen molar-refractivity contribution in [3.05, 3.63) is 30.1 Å². The Kier molecular flexibility index (Phi) is 6.24. The monoisotopic (exact) mass is 363 g/mol. The van der Waals surface area contributed by atoms with E-state index in [1.54, 1.807) is 19.2 Å². The number of tetrazole rings is 1. The van der Waals surface area contributed by atoms with Crippen LogP contribution in [0.15, 0.2) is 24.3 Å². The summed E-state index contributed by atoms with van der Waals surface area (Å²) in [5.41, 5.74) is 0.693. The summed E-state index contributed by atoms with van der Waals surface area (Å²) >= 11 is 0. The number of nitrogens with zero attached hydrogens (tertiary/aromatic N) is 4. The van der Waals surface area contributed by atoms with Crippen LogP contribution >= 0.6 is 0 Å². The van der Waals surface area contributed by atoms with Crippen molar-refractivity contribution >= 4 is 5.91 Å². The fourth-order valence-electron chi connectivity index (χ4n) is 2.85. The van der Waals surface area contributed by atoms with E-state index in [4.69, 9.17) is 9.47 Å². The average Bonchev–Trinajstić information content (AvgIpc) is 3.11. The highest BCUT2D eigenvalue weighted by atomic mass is 19.1. The first-order chi connectivity index (χ1) is 12.7. The zero-order valence-electron chi connectivity index (χ0n) is 14.6. The second-order valence-corrected chi connectivity index (χ2v) is 6.13. The van der Waals surface area contributed by atoms with Gasteiger partial charge in [-0.15, -0.1) is 10.2 Å². The molecule has 0 saturated carbocycles. The molecule has 26 heavy (non-hydrogen) atoms. The Balaban J connectivity index is 1.44. The van der Waals surface area contributed by atoms with E-state index in [2.05, 4.69) is 20.7 Å². The van der Waals surface area contributed by atoms with Crippen LogP contribution in [-0.2, 0) is 20.8 Å². The number of benzene rings is 1. The van der Waals surface area contributed by atoms with Gasteiger partial charge in [0.25, 0.3) is 0 Å². The number of amides is 1. The first-order valence-corrected chi connectivity index (χ1v) is 8.59. The lowest BCUT2D eigenvalue weighted by molar-refractivity contribution is -0.125. The molecule has 2 atom stereocenters. The molecule has 3 rings (SSSR count). The smallest absolute Gasteiger partial charge is 0.220 e. The van der Waals surface area contributed by atoms with Gasteiger partial charge in [0, 0.05) is 25.7 Å². The van der Waals surface area contributed by atoms with Crippen molar-refractivity contribution in [3.63, 3.8) is 0 Å². The van der Waals surface area contributed by atoms with Crippen LogP contribution in [0, 0.1) is 5.82 Å². The van der Waals surface area contributed by atoms with E-state index in [0.717, 1.165) is 6.42 Å². The standard InChI is InChI=1S/C17H22FN5O3/c1-25-15-8-10-26-11-14(15)19-16(24)3-2-9-23-21-17(20-22-23)12-4-6-13(18)7-5-12/h4-7,14-15H,2-3,8-11H2,1H3,(H,19,24)/t14-,15-/m1/s1. The molecule has 2 aromatic rings. The molecule has 1 saturated heterocycles. The molecule has 2 heterocycles. The number of carbonyl (C=O) groups is 1. The fraction of sp³-hybridized carbons (Fsp3) is 0.529. The highest BCUT2D eigenvalue weighted by molar-refractivity contribution is 5.76. The van der Waals surface area contributed by atoms with Crippen molar-refractivity contribution in [1.82, 2.24) is 25.5 Å². The van der Waals surface area contributed by atoms with Crippen molar-refractivity contribution in [1.29, 1.82) is 0 Å². The number of aryl methyl sites for hydroxylation is 1. The van der Waals surface area contributed by atoms with E-state index in [1.165, 1.54) is 16.9 Å². The van der Waals surface area contributed by atoms with Gasteiger partial charge in [0.1, 0.15) is 5.82 Å². The largest absolute Gasteiger partial charge is 0.379 e. The van der Waals surface area contributed by atoms with Gasteiger partial charge in [0.2, 0.25) is 11.7 Å². The van der Waals surface area contributed by atoms with Crippen molar-refractivity contribution in [2.45, 2.75) is 38.0 Å². The number of ether oxygens (including phenoxy) is 2. The van der Waals surface area contributed by atoms with Crippen molar-refractivity contribution in [2.75, 3.05) is 20.3 Å². The van der Waals surface area contributed by atoms with E-state index < -0.39 is 0 Å². The van der Waals surface area contributed by atoms with Crippen LogP contribution in [0.1, 0.15) is 19.3 Å². The molecule has 1 aromatic heterocycles. The summed E-state index contributed by atoms with van der Waals surface area (Å²) in [4.78, 5) is 13.5. The Bertz CT molecular complexity index is 721. The Labute approximate surface area is 150 Å². The molecule has 0 spiro atoms. The SMILES string of the molecule is CO[C@@H]1CCOC[C@H]1NC(=O)CCCn1nnc(-c2ccc(F)cc2)n1. The highest BCUT2D eigenvalue weighted by Crippen LogP contribution is 2.14. The number of aromatic nitrogens is 4. The minimum absolute atomic E-state index is 0.0112. The third kappa shape index (κ3) is 4.83. The van der Waals surface area contributed by atoms with Crippen LogP contribution in [-0.4, -0.2) is 58.6 Å². The van der Waals surface area contributed by atoms with Crippen LogP contribution < -0.4 is 5.32 Å². The van der Waals surface area contributed by atoms with Gasteiger partial charge in [-0.3, -0.25) is 4.79 Å². The fourth-order valence-corrected chi connectivity index (χ4v) is 2.85. The lowest BCUT2D eigenvalue weighted by Crippen LogP contribution is -2.50. The van der Waals surface area contributed by atoms with E-state index in [0.29, 0.717) is 44.0 Å². The van der Waals surface area contributed by atoms with Gasteiger partial charge in [-0.25, -0.2) is 4.39 Å². The van der Waals surface area contributed by atoms with Gasteiger partial charge < -0.3 is 14.8 Å². The molecule has 0 aliphatic carbocycles. The third-order valence-electron chi connectivity index (χ3n) is 4.26. The maximum absolute atomic E-state index is 12.9. The third-order valence-corrected chi connectivity index (χ3v) is 4.26. The minimum Gasteiger partial charge on any atom is -0.379 e. The topological polar surface area (TPSA) is 91.2 Å². The number of hydrogen-bond donors (Lipinski definition) is 1. The molecule has 0 radical (unpaired) electrons. The number of rotatable bonds is 7. The van der Waals surface area contributed by atoms with Gasteiger partial charge >= 0.3 is 0 Å². The van der Waals surface area contributed by atoms with Crippen LogP contribution in [0.3, 0.4) is 0 Å². The Morgan fingerprint density at radius 2 is 2.23 bits per heavy atom. The molecule has 0 unspecified atom stereocenters. The molecule has 1 N–H and O–H groups in total. The number of methoxy groups -OCH3 is 1. The quantitative estimate of drug-likeness (QED) is 0.794. The maximum Gasteiger partial charge on any atom is 0.220 e. The number of nitrogens with one attached hydrogen (secondary N) is 1. The summed E-state index contributed by atoms with van der Waals surface area (Å²) in [7, 11) is 1.64. The number of carbonyl (C=O) groups excluding carboxylic acids is 1. The number of hydrogen-bond acceptors (Lipinski definition) is 6. The highest BCUT2D eigenvalue weighted by Gasteiger charge is 2.26. The zero-order valence-corrected chi connectivity index (χ0v) is 14.6. The molecule has 9 heteroatoms. The molecule has 1 fully saturated rings. The summed E-state index contributed by atoms with van der Waals surface area (Å²) in [5.74, 6) is 0.0596. The first kappa shape index (κ1) is 18.4. The Hall–Kier alpha value is -2.39. The van der Waals surface area contributed by atoms with Crippen LogP contribution in [0.2, 0.25) is 0 Å². The molecular formula is C17H22FN5O3. The predicted octanol–water partition coefficient (Wildman–Crippen LogP) is 1.18. The summed E-state index contributed by atoms with van der Waals surface area (Å²) < 4.78 is 23.7. The Morgan fingerprint density at radius 1 is 1.42 bits per heavy atom. The second kappa shape index (κ2) is 8.81. The number of halogens is 1. The van der Waals surface area contributed by atoms with Gasteiger partial charge in [-0.1, -0.05) is 0 Å². The molecule has 1 aliphatic heterocycles. The molecule has 1 aliphatic rings. The molecule has 1 amide bonds.